The molecule has 0 N–H and O–H groups in total. The lowest BCUT2D eigenvalue weighted by Gasteiger charge is -2.36. The molecule has 1 unspecified atom stereocenters. The van der Waals surface area contributed by atoms with Gasteiger partial charge in [-0.05, 0) is 55.7 Å². The van der Waals surface area contributed by atoms with Crippen LogP contribution in [0.2, 0.25) is 0 Å². The molecule has 1 aromatic carbocycles. The number of nitrogens with zero attached hydrogens (tertiary/aromatic N) is 4. The van der Waals surface area contributed by atoms with Crippen molar-refractivity contribution in [2.45, 2.75) is 33.2 Å². The lowest BCUT2D eigenvalue weighted by atomic mass is 10.1. The minimum absolute atomic E-state index is 0. The van der Waals surface area contributed by atoms with Gasteiger partial charge in [0.15, 0.2) is 0 Å². The van der Waals surface area contributed by atoms with E-state index in [1.165, 1.54) is 11.1 Å². The maximum absolute atomic E-state index is 12.9. The van der Waals surface area contributed by atoms with Crippen molar-refractivity contribution in [2.75, 3.05) is 42.6 Å². The summed E-state index contributed by atoms with van der Waals surface area (Å²) in [7, 11) is 0. The molecule has 0 saturated carbocycles. The lowest BCUT2D eigenvalue weighted by Crippen LogP contribution is -2.49. The van der Waals surface area contributed by atoms with Gasteiger partial charge in [0.05, 0.1) is 6.04 Å². The number of pyridine rings is 1. The highest BCUT2D eigenvalue weighted by atomic mass is 35.5. The summed E-state index contributed by atoms with van der Waals surface area (Å²) in [6.07, 6.45) is 2.58. The Morgan fingerprint density at radius 3 is 2.39 bits per heavy atom. The van der Waals surface area contributed by atoms with Gasteiger partial charge < -0.3 is 14.5 Å². The molecule has 1 aromatic heterocycles. The maximum atomic E-state index is 12.9. The zero-order valence-corrected chi connectivity index (χ0v) is 19.0. The van der Waals surface area contributed by atoms with Gasteiger partial charge >= 0.3 is 6.09 Å². The van der Waals surface area contributed by atoms with Crippen molar-refractivity contribution in [3.63, 3.8) is 0 Å². The molecule has 2 saturated heterocycles. The van der Waals surface area contributed by atoms with Crippen LogP contribution >= 0.6 is 12.4 Å². The number of hydrogen-bond donors (Lipinski definition) is 0. The Morgan fingerprint density at radius 2 is 1.84 bits per heavy atom. The number of carbonyl (C=O) groups is 2. The van der Waals surface area contributed by atoms with Crippen molar-refractivity contribution in [2.24, 2.45) is 0 Å². The fraction of sp³-hybridized carbons (Fsp3) is 0.435. The number of aryl methyl sites for hydroxylation is 2. The van der Waals surface area contributed by atoms with Crippen LogP contribution in [0, 0.1) is 6.92 Å². The molecule has 2 fully saturated rings. The molecule has 0 bridgehead atoms. The number of piperazine rings is 1. The highest BCUT2D eigenvalue weighted by molar-refractivity contribution is 5.96. The number of carbonyl (C=O) groups excluding carboxylic acids is 2. The summed E-state index contributed by atoms with van der Waals surface area (Å²) in [5.41, 5.74) is 3.81. The van der Waals surface area contributed by atoms with Gasteiger partial charge in [0.2, 0.25) is 0 Å². The average molecular weight is 445 g/mol. The molecule has 2 aromatic rings. The molecule has 2 amide bonds. The Kier molecular flexibility index (Phi) is 7.05. The Bertz CT molecular complexity index is 942. The van der Waals surface area contributed by atoms with Crippen LogP contribution in [-0.4, -0.2) is 60.7 Å². The number of cyclic esters (lactones) is 1. The Balaban J connectivity index is 0.00000272. The normalized spacial score (nSPS) is 18.6. The number of hydrogen-bond acceptors (Lipinski definition) is 5. The van der Waals surface area contributed by atoms with Crippen molar-refractivity contribution < 1.29 is 14.3 Å². The van der Waals surface area contributed by atoms with Gasteiger partial charge in [-0.25, -0.2) is 9.78 Å². The minimum Gasteiger partial charge on any atom is -0.447 e. The quantitative estimate of drug-likeness (QED) is 0.719. The molecule has 166 valence electrons. The van der Waals surface area contributed by atoms with Gasteiger partial charge in [0.25, 0.3) is 5.91 Å². The van der Waals surface area contributed by atoms with E-state index in [1.807, 2.05) is 30.2 Å². The number of anilines is 2. The van der Waals surface area contributed by atoms with Crippen LogP contribution in [0.4, 0.5) is 16.3 Å². The standard InChI is InChI=1S/C23H28N4O3.ClH/c1-4-18-13-16(2)21(24-14-18)25-9-11-26(12-10-25)22(28)19-5-7-20(8-6-19)27-17(3)15-30-23(27)29;/h5-8,13-14,17H,4,9-12,15H2,1-3H3;1H. The van der Waals surface area contributed by atoms with Gasteiger partial charge in [-0.3, -0.25) is 9.69 Å². The molecular weight excluding hydrogens is 416 g/mol. The van der Waals surface area contributed by atoms with Gasteiger partial charge in [0, 0.05) is 43.6 Å². The number of rotatable bonds is 4. The third-order valence-corrected chi connectivity index (χ3v) is 5.86. The van der Waals surface area contributed by atoms with Crippen LogP contribution in [0.1, 0.15) is 35.3 Å². The van der Waals surface area contributed by atoms with Crippen molar-refractivity contribution in [1.29, 1.82) is 0 Å². The summed E-state index contributed by atoms with van der Waals surface area (Å²) >= 11 is 0. The third-order valence-electron chi connectivity index (χ3n) is 5.86. The smallest absolute Gasteiger partial charge is 0.414 e. The highest BCUT2D eigenvalue weighted by Crippen LogP contribution is 2.24. The second-order valence-corrected chi connectivity index (χ2v) is 7.96. The van der Waals surface area contributed by atoms with Crippen molar-refractivity contribution in [1.82, 2.24) is 9.88 Å². The van der Waals surface area contributed by atoms with E-state index >= 15 is 0 Å². The first-order chi connectivity index (χ1) is 14.5. The van der Waals surface area contributed by atoms with E-state index in [-0.39, 0.29) is 30.4 Å². The zero-order chi connectivity index (χ0) is 21.3. The average Bonchev–Trinajstić information content (AvgIpc) is 3.11. The summed E-state index contributed by atoms with van der Waals surface area (Å²) in [6, 6.07) is 9.40. The van der Waals surface area contributed by atoms with E-state index in [2.05, 4.69) is 29.8 Å². The number of benzene rings is 1. The van der Waals surface area contributed by atoms with Gasteiger partial charge in [-0.15, -0.1) is 12.4 Å². The predicted octanol–water partition coefficient (Wildman–Crippen LogP) is 3.68. The molecule has 31 heavy (non-hydrogen) atoms. The predicted molar refractivity (Wildman–Crippen MR) is 123 cm³/mol. The van der Waals surface area contributed by atoms with Crippen LogP contribution in [0.5, 0.6) is 0 Å². The first-order valence-electron chi connectivity index (χ1n) is 10.5. The molecule has 0 spiro atoms. The van der Waals surface area contributed by atoms with Gasteiger partial charge in [-0.2, -0.15) is 0 Å². The molecule has 2 aliphatic rings. The Hall–Kier alpha value is -2.80. The molecule has 2 aliphatic heterocycles. The Labute approximate surface area is 189 Å². The van der Waals surface area contributed by atoms with Gasteiger partial charge in [0.1, 0.15) is 12.4 Å². The van der Waals surface area contributed by atoms with E-state index in [9.17, 15) is 9.59 Å². The van der Waals surface area contributed by atoms with E-state index in [1.54, 1.807) is 17.0 Å². The zero-order valence-electron chi connectivity index (χ0n) is 18.2. The summed E-state index contributed by atoms with van der Waals surface area (Å²) in [5.74, 6) is 1.03. The topological polar surface area (TPSA) is 66.0 Å². The van der Waals surface area contributed by atoms with E-state index in [4.69, 9.17) is 4.74 Å². The van der Waals surface area contributed by atoms with Gasteiger partial charge in [-0.1, -0.05) is 13.0 Å². The van der Waals surface area contributed by atoms with Crippen LogP contribution in [0.25, 0.3) is 0 Å². The molecule has 0 aliphatic carbocycles. The van der Waals surface area contributed by atoms with Crippen molar-refractivity contribution >= 4 is 35.9 Å². The molecular formula is C23H29ClN4O3. The SMILES string of the molecule is CCc1cnc(N2CCN(C(=O)c3ccc(N4C(=O)OCC4C)cc3)CC2)c(C)c1.Cl. The Morgan fingerprint density at radius 1 is 1.16 bits per heavy atom. The maximum Gasteiger partial charge on any atom is 0.414 e. The van der Waals surface area contributed by atoms with E-state index in [0.717, 1.165) is 31.0 Å². The van der Waals surface area contributed by atoms with E-state index < -0.39 is 0 Å². The molecule has 4 rings (SSSR count). The monoisotopic (exact) mass is 444 g/mol. The highest BCUT2D eigenvalue weighted by Gasteiger charge is 2.31. The van der Waals surface area contributed by atoms with Crippen molar-refractivity contribution in [3.05, 3.63) is 53.2 Å². The number of aromatic nitrogens is 1. The summed E-state index contributed by atoms with van der Waals surface area (Å²) in [5, 5.41) is 0. The second-order valence-electron chi connectivity index (χ2n) is 7.96. The summed E-state index contributed by atoms with van der Waals surface area (Å²) < 4.78 is 5.07. The van der Waals surface area contributed by atoms with Crippen LogP contribution in [0.3, 0.4) is 0 Å². The third kappa shape index (κ3) is 4.61. The summed E-state index contributed by atoms with van der Waals surface area (Å²) in [4.78, 5) is 35.2. The number of halogens is 1. The first kappa shape index (κ1) is 22.9. The largest absolute Gasteiger partial charge is 0.447 e. The molecule has 8 heteroatoms. The van der Waals surface area contributed by atoms with Crippen molar-refractivity contribution in [3.8, 4) is 0 Å². The van der Waals surface area contributed by atoms with E-state index in [0.29, 0.717) is 25.3 Å². The summed E-state index contributed by atoms with van der Waals surface area (Å²) in [6.45, 7) is 9.40. The number of amides is 2. The minimum atomic E-state index is -0.339. The fourth-order valence-electron chi connectivity index (χ4n) is 4.09. The number of ether oxygens (including phenoxy) is 1. The first-order valence-corrected chi connectivity index (χ1v) is 10.5. The van der Waals surface area contributed by atoms with Crippen LogP contribution < -0.4 is 9.80 Å². The second kappa shape index (κ2) is 9.56. The van der Waals surface area contributed by atoms with Crippen LogP contribution in [0.15, 0.2) is 36.5 Å². The molecule has 3 heterocycles. The van der Waals surface area contributed by atoms with Crippen LogP contribution in [-0.2, 0) is 11.2 Å². The molecule has 7 nitrogen and oxygen atoms in total. The molecule has 1 atom stereocenters. The lowest BCUT2D eigenvalue weighted by molar-refractivity contribution is 0.0746. The fourth-order valence-corrected chi connectivity index (χ4v) is 4.09. The molecule has 0 radical (unpaired) electrons.